The first-order chi connectivity index (χ1) is 10.1. The maximum Gasteiger partial charge on any atom is 0.437 e. The Balaban J connectivity index is 2.54. The number of aliphatic hydroxyl groups is 1. The van der Waals surface area contributed by atoms with Crippen molar-refractivity contribution in [2.75, 3.05) is 0 Å². The number of carbonyl (C=O) groups is 2. The quantitative estimate of drug-likeness (QED) is 0.774. The second kappa shape index (κ2) is 5.44. The molecule has 0 bridgehead atoms. The van der Waals surface area contributed by atoms with Crippen molar-refractivity contribution in [3.63, 3.8) is 0 Å². The first kappa shape index (κ1) is 16.6. The van der Waals surface area contributed by atoms with Gasteiger partial charge in [0.1, 0.15) is 5.78 Å². The molecule has 1 aliphatic heterocycles. The van der Waals surface area contributed by atoms with E-state index >= 15 is 0 Å². The largest absolute Gasteiger partial charge is 0.437 e. The first-order valence-corrected chi connectivity index (χ1v) is 6.58. The average Bonchev–Trinajstić information content (AvgIpc) is 2.36. The molecular formula is C13H12ClF3N2O3. The summed E-state index contributed by atoms with van der Waals surface area (Å²) in [6.45, 7) is 0.920. The van der Waals surface area contributed by atoms with Gasteiger partial charge in [-0.1, -0.05) is 23.7 Å². The second-order valence-corrected chi connectivity index (χ2v) is 5.42. The Morgan fingerprint density at radius 2 is 1.86 bits per heavy atom. The lowest BCUT2D eigenvalue weighted by Crippen LogP contribution is -2.72. The lowest BCUT2D eigenvalue weighted by molar-refractivity contribution is -0.290. The topological polar surface area (TPSA) is 78.4 Å². The molecule has 120 valence electrons. The van der Waals surface area contributed by atoms with Crippen LogP contribution in [0.3, 0.4) is 0 Å². The molecule has 2 rings (SSSR count). The Morgan fingerprint density at radius 3 is 2.32 bits per heavy atom. The summed E-state index contributed by atoms with van der Waals surface area (Å²) >= 11 is 5.71. The number of benzene rings is 1. The Morgan fingerprint density at radius 1 is 1.32 bits per heavy atom. The Labute approximate surface area is 128 Å². The molecule has 1 saturated heterocycles. The number of carbonyl (C=O) groups excluding carboxylic acids is 2. The Kier molecular flexibility index (Phi) is 4.09. The Bertz CT molecular complexity index is 606. The number of Topliss-reactive ketones (excluding diaryl/α,β-unsaturated/α-hetero) is 1. The van der Waals surface area contributed by atoms with Crippen LogP contribution in [0.2, 0.25) is 5.02 Å². The number of nitrogens with one attached hydrogen (secondary N) is 2. The zero-order chi connectivity index (χ0) is 16.7. The van der Waals surface area contributed by atoms with Crippen LogP contribution in [0.1, 0.15) is 18.5 Å². The van der Waals surface area contributed by atoms with E-state index in [2.05, 4.69) is 5.32 Å². The number of rotatable bonds is 2. The lowest BCUT2D eigenvalue weighted by atomic mass is 9.79. The van der Waals surface area contributed by atoms with Crippen molar-refractivity contribution >= 4 is 23.4 Å². The molecule has 22 heavy (non-hydrogen) atoms. The van der Waals surface area contributed by atoms with Crippen molar-refractivity contribution in [1.29, 1.82) is 0 Å². The van der Waals surface area contributed by atoms with E-state index in [1.54, 1.807) is 0 Å². The van der Waals surface area contributed by atoms with Gasteiger partial charge in [-0.2, -0.15) is 13.2 Å². The molecular weight excluding hydrogens is 325 g/mol. The van der Waals surface area contributed by atoms with Crippen molar-refractivity contribution in [2.45, 2.75) is 24.9 Å². The molecule has 5 nitrogen and oxygen atoms in total. The van der Waals surface area contributed by atoms with E-state index in [-0.39, 0.29) is 5.56 Å². The predicted molar refractivity (Wildman–Crippen MR) is 71.0 cm³/mol. The monoisotopic (exact) mass is 336 g/mol. The van der Waals surface area contributed by atoms with Gasteiger partial charge >= 0.3 is 12.2 Å². The molecule has 2 amide bonds. The molecule has 1 aromatic rings. The van der Waals surface area contributed by atoms with Crippen LogP contribution in [0.25, 0.3) is 0 Å². The molecule has 3 N–H and O–H groups in total. The number of hydrogen-bond donors (Lipinski definition) is 3. The fraction of sp³-hybridized carbons (Fsp3) is 0.385. The van der Waals surface area contributed by atoms with Crippen LogP contribution in [0.15, 0.2) is 24.3 Å². The first-order valence-electron chi connectivity index (χ1n) is 6.20. The van der Waals surface area contributed by atoms with E-state index < -0.39 is 35.7 Å². The number of amides is 2. The average molecular weight is 337 g/mol. The molecule has 1 heterocycles. The fourth-order valence-electron chi connectivity index (χ4n) is 2.47. The number of ketones is 1. The molecule has 9 heteroatoms. The SMILES string of the molecule is CC(=O)[C@@H]1[C@@H](c2ccc(Cl)cc2)NC(=O)N[C@]1(O)C(F)(F)F. The maximum atomic E-state index is 13.2. The van der Waals surface area contributed by atoms with Crippen molar-refractivity contribution in [3.05, 3.63) is 34.9 Å². The van der Waals surface area contributed by atoms with Crippen LogP contribution in [-0.4, -0.2) is 28.8 Å². The van der Waals surface area contributed by atoms with Gasteiger partial charge < -0.3 is 15.7 Å². The molecule has 0 radical (unpaired) electrons. The summed E-state index contributed by atoms with van der Waals surface area (Å²) in [5.41, 5.74) is -3.42. The highest BCUT2D eigenvalue weighted by Crippen LogP contribution is 2.42. The van der Waals surface area contributed by atoms with E-state index in [1.807, 2.05) is 0 Å². The molecule has 1 aromatic carbocycles. The van der Waals surface area contributed by atoms with Gasteiger partial charge in [0.25, 0.3) is 0 Å². The van der Waals surface area contributed by atoms with Gasteiger partial charge in [-0.3, -0.25) is 4.79 Å². The second-order valence-electron chi connectivity index (χ2n) is 4.98. The number of urea groups is 1. The molecule has 1 aliphatic rings. The molecule has 1 fully saturated rings. The summed E-state index contributed by atoms with van der Waals surface area (Å²) in [5, 5.41) is 13.9. The van der Waals surface area contributed by atoms with Gasteiger partial charge in [0.15, 0.2) is 0 Å². The van der Waals surface area contributed by atoms with Gasteiger partial charge in [-0.05, 0) is 24.6 Å². The van der Waals surface area contributed by atoms with E-state index in [1.165, 1.54) is 29.6 Å². The maximum absolute atomic E-state index is 13.2. The van der Waals surface area contributed by atoms with Gasteiger partial charge in [0, 0.05) is 5.02 Å². The highest BCUT2D eigenvalue weighted by molar-refractivity contribution is 6.30. The van der Waals surface area contributed by atoms with Crippen LogP contribution >= 0.6 is 11.6 Å². The van der Waals surface area contributed by atoms with E-state index in [0.29, 0.717) is 5.02 Å². The number of alkyl halides is 3. The van der Waals surface area contributed by atoms with Crippen LogP contribution in [0.5, 0.6) is 0 Å². The molecule has 0 aliphatic carbocycles. The number of hydrogen-bond acceptors (Lipinski definition) is 3. The van der Waals surface area contributed by atoms with E-state index in [9.17, 15) is 27.9 Å². The standard InChI is InChI=1S/C13H12ClF3N2O3/c1-6(20)9-10(7-2-4-8(14)5-3-7)18-11(21)19-12(9,22)13(15,16)17/h2-5,9-10,22H,1H3,(H2,18,19,21)/t9-,10-,12-/m1/s1. The third-order valence-electron chi connectivity index (χ3n) is 3.47. The highest BCUT2D eigenvalue weighted by atomic mass is 35.5. The molecule has 0 aromatic heterocycles. The summed E-state index contributed by atoms with van der Waals surface area (Å²) in [6.07, 6.45) is -5.22. The van der Waals surface area contributed by atoms with Crippen LogP contribution in [-0.2, 0) is 4.79 Å². The van der Waals surface area contributed by atoms with Crippen LogP contribution < -0.4 is 10.6 Å². The highest BCUT2D eigenvalue weighted by Gasteiger charge is 2.65. The minimum atomic E-state index is -5.22. The minimum absolute atomic E-state index is 0.224. The van der Waals surface area contributed by atoms with E-state index in [0.717, 1.165) is 6.92 Å². The lowest BCUT2D eigenvalue weighted by Gasteiger charge is -2.44. The third-order valence-corrected chi connectivity index (χ3v) is 3.73. The molecule has 0 unspecified atom stereocenters. The summed E-state index contributed by atoms with van der Waals surface area (Å²) in [7, 11) is 0. The fourth-order valence-corrected chi connectivity index (χ4v) is 2.60. The van der Waals surface area contributed by atoms with Gasteiger partial charge in [-0.25, -0.2) is 4.79 Å². The van der Waals surface area contributed by atoms with Crippen molar-refractivity contribution < 1.29 is 27.9 Å². The smallest absolute Gasteiger partial charge is 0.363 e. The van der Waals surface area contributed by atoms with Crippen molar-refractivity contribution in [3.8, 4) is 0 Å². The van der Waals surface area contributed by atoms with Crippen LogP contribution in [0.4, 0.5) is 18.0 Å². The van der Waals surface area contributed by atoms with Gasteiger partial charge in [-0.15, -0.1) is 0 Å². The van der Waals surface area contributed by atoms with Crippen molar-refractivity contribution in [2.24, 2.45) is 5.92 Å². The van der Waals surface area contributed by atoms with E-state index in [4.69, 9.17) is 11.6 Å². The molecule has 3 atom stereocenters. The van der Waals surface area contributed by atoms with Gasteiger partial charge in [0.2, 0.25) is 5.72 Å². The minimum Gasteiger partial charge on any atom is -0.363 e. The Hall–Kier alpha value is -1.80. The van der Waals surface area contributed by atoms with Gasteiger partial charge in [0.05, 0.1) is 12.0 Å². The summed E-state index contributed by atoms with van der Waals surface area (Å²) in [4.78, 5) is 23.3. The molecule has 0 spiro atoms. The summed E-state index contributed by atoms with van der Waals surface area (Å²) < 4.78 is 39.6. The normalized spacial score (nSPS) is 28.7. The third kappa shape index (κ3) is 2.76. The zero-order valence-electron chi connectivity index (χ0n) is 11.2. The predicted octanol–water partition coefficient (Wildman–Crippen LogP) is 2.15. The number of halogens is 4. The summed E-state index contributed by atoms with van der Waals surface area (Å²) in [6, 6.07) is 3.02. The molecule has 0 saturated carbocycles. The zero-order valence-corrected chi connectivity index (χ0v) is 12.0. The van der Waals surface area contributed by atoms with Crippen LogP contribution in [0, 0.1) is 5.92 Å². The van der Waals surface area contributed by atoms with Crippen molar-refractivity contribution in [1.82, 2.24) is 10.6 Å². The summed E-state index contributed by atoms with van der Waals surface area (Å²) in [5.74, 6) is -2.86.